The predicted molar refractivity (Wildman–Crippen MR) is 99.9 cm³/mol. The van der Waals surface area contributed by atoms with Crippen LogP contribution in [0.2, 0.25) is 0 Å². The molecule has 144 valence electrons. The van der Waals surface area contributed by atoms with Crippen LogP contribution in [0.4, 0.5) is 0 Å². The first-order valence-corrected chi connectivity index (χ1v) is 10.0. The zero-order valence-corrected chi connectivity index (χ0v) is 16.2. The second-order valence-electron chi connectivity index (χ2n) is 6.74. The smallest absolute Gasteiger partial charge is 0.261 e. The molecule has 0 spiro atoms. The Morgan fingerprint density at radius 3 is 2.38 bits per heavy atom. The number of carbonyl (C=O) groups excluding carboxylic acids is 2. The van der Waals surface area contributed by atoms with E-state index in [9.17, 15) is 18.0 Å². The van der Waals surface area contributed by atoms with E-state index in [0.717, 1.165) is 30.6 Å². The Kier molecular flexibility index (Phi) is 6.44. The number of hydrogen-bond donors (Lipinski definition) is 2. The van der Waals surface area contributed by atoms with E-state index < -0.39 is 21.8 Å². The van der Waals surface area contributed by atoms with Crippen LogP contribution in [0.1, 0.15) is 52.8 Å². The third-order valence-electron chi connectivity index (χ3n) is 5.15. The van der Waals surface area contributed by atoms with Crippen molar-refractivity contribution in [2.24, 2.45) is 11.7 Å². The van der Waals surface area contributed by atoms with E-state index in [2.05, 4.69) is 4.72 Å². The van der Waals surface area contributed by atoms with Gasteiger partial charge >= 0.3 is 0 Å². The van der Waals surface area contributed by atoms with Gasteiger partial charge in [-0.05, 0) is 37.0 Å². The lowest BCUT2D eigenvalue weighted by atomic mass is 9.84. The van der Waals surface area contributed by atoms with E-state index in [1.807, 2.05) is 0 Å². The predicted octanol–water partition coefficient (Wildman–Crippen LogP) is 1.52. The van der Waals surface area contributed by atoms with Crippen LogP contribution in [-0.4, -0.2) is 44.8 Å². The Hall–Kier alpha value is -1.48. The van der Waals surface area contributed by atoms with Crippen LogP contribution in [0, 0.1) is 5.92 Å². The summed E-state index contributed by atoms with van der Waals surface area (Å²) in [6.07, 6.45) is 5.28. The van der Waals surface area contributed by atoms with Crippen molar-refractivity contribution in [1.29, 1.82) is 0 Å². The highest BCUT2D eigenvalue weighted by Gasteiger charge is 2.34. The normalized spacial score (nSPS) is 19.2. The molecule has 1 aliphatic heterocycles. The van der Waals surface area contributed by atoms with E-state index in [1.54, 1.807) is 0 Å². The maximum Gasteiger partial charge on any atom is 0.261 e. The number of benzene rings is 1. The minimum absolute atomic E-state index is 0. The fourth-order valence-corrected chi connectivity index (χ4v) is 4.99. The second-order valence-corrected chi connectivity index (χ2v) is 8.45. The van der Waals surface area contributed by atoms with Crippen molar-refractivity contribution in [3.05, 3.63) is 29.3 Å². The van der Waals surface area contributed by atoms with E-state index in [-0.39, 0.29) is 46.9 Å². The van der Waals surface area contributed by atoms with Crippen LogP contribution < -0.4 is 10.5 Å². The number of rotatable bonds is 5. The summed E-state index contributed by atoms with van der Waals surface area (Å²) in [5, 5.41) is 0. The second kappa shape index (κ2) is 8.04. The van der Waals surface area contributed by atoms with Crippen LogP contribution in [0.15, 0.2) is 23.1 Å². The standard InChI is InChI=1S/C17H23N3O4S.ClH/c1-20-16(21)13-8-7-12(9-14(13)17(20)22)25(23,24)19-15(10-18)11-5-3-2-4-6-11;/h7-9,11,15,19H,2-6,10,18H2,1H3;1H. The van der Waals surface area contributed by atoms with Crippen molar-refractivity contribution >= 4 is 34.2 Å². The lowest BCUT2D eigenvalue weighted by Crippen LogP contribution is -2.45. The molecule has 0 aromatic heterocycles. The number of sulfonamides is 1. The molecule has 1 heterocycles. The topological polar surface area (TPSA) is 110 Å². The number of nitrogens with two attached hydrogens (primary N) is 1. The summed E-state index contributed by atoms with van der Waals surface area (Å²) in [5.41, 5.74) is 6.16. The van der Waals surface area contributed by atoms with Crippen molar-refractivity contribution in [3.63, 3.8) is 0 Å². The monoisotopic (exact) mass is 401 g/mol. The van der Waals surface area contributed by atoms with Crippen LogP contribution in [-0.2, 0) is 10.0 Å². The Labute approximate surface area is 159 Å². The molecule has 7 nitrogen and oxygen atoms in total. The average Bonchev–Trinajstić information content (AvgIpc) is 2.84. The first kappa shape index (κ1) is 20.8. The molecule has 26 heavy (non-hydrogen) atoms. The number of carbonyl (C=O) groups is 2. The van der Waals surface area contributed by atoms with E-state index in [4.69, 9.17) is 5.73 Å². The molecule has 1 atom stereocenters. The number of hydrogen-bond acceptors (Lipinski definition) is 5. The van der Waals surface area contributed by atoms with Gasteiger partial charge in [0.15, 0.2) is 0 Å². The Bertz CT molecular complexity index is 806. The number of fused-ring (bicyclic) bond motifs is 1. The maximum atomic E-state index is 12.7. The zero-order chi connectivity index (χ0) is 18.2. The van der Waals surface area contributed by atoms with E-state index in [1.165, 1.54) is 31.7 Å². The van der Waals surface area contributed by atoms with Crippen molar-refractivity contribution in [3.8, 4) is 0 Å². The van der Waals surface area contributed by atoms with Gasteiger partial charge in [0.05, 0.1) is 16.0 Å². The first-order valence-electron chi connectivity index (χ1n) is 8.54. The molecule has 2 amide bonds. The van der Waals surface area contributed by atoms with Gasteiger partial charge in [-0.3, -0.25) is 14.5 Å². The molecule has 0 saturated heterocycles. The van der Waals surface area contributed by atoms with Gasteiger partial charge in [0.25, 0.3) is 11.8 Å². The summed E-state index contributed by atoms with van der Waals surface area (Å²) in [6, 6.07) is 3.71. The molecule has 9 heteroatoms. The van der Waals surface area contributed by atoms with Crippen molar-refractivity contribution < 1.29 is 18.0 Å². The molecule has 1 aromatic carbocycles. The van der Waals surface area contributed by atoms with Gasteiger partial charge in [-0.2, -0.15) is 0 Å². The molecule has 0 bridgehead atoms. The fraction of sp³-hybridized carbons (Fsp3) is 0.529. The van der Waals surface area contributed by atoms with E-state index in [0.29, 0.717) is 0 Å². The molecule has 2 aliphatic rings. The van der Waals surface area contributed by atoms with Gasteiger partial charge in [0.1, 0.15) is 0 Å². The number of nitrogens with one attached hydrogen (secondary N) is 1. The van der Waals surface area contributed by atoms with Gasteiger partial charge in [-0.15, -0.1) is 12.4 Å². The fourth-order valence-electron chi connectivity index (χ4n) is 3.65. The van der Waals surface area contributed by atoms with Crippen molar-refractivity contribution in [2.75, 3.05) is 13.6 Å². The van der Waals surface area contributed by atoms with Crippen molar-refractivity contribution in [1.82, 2.24) is 9.62 Å². The summed E-state index contributed by atoms with van der Waals surface area (Å²) in [7, 11) is -2.43. The molecule has 3 rings (SSSR count). The van der Waals surface area contributed by atoms with Gasteiger partial charge in [0.2, 0.25) is 10.0 Å². The van der Waals surface area contributed by atoms with Crippen LogP contribution in [0.25, 0.3) is 0 Å². The molecule has 1 unspecified atom stereocenters. The Morgan fingerprint density at radius 1 is 1.15 bits per heavy atom. The molecule has 0 radical (unpaired) electrons. The molecule has 1 aromatic rings. The molecule has 1 fully saturated rings. The van der Waals surface area contributed by atoms with Crippen molar-refractivity contribution in [2.45, 2.75) is 43.0 Å². The highest BCUT2D eigenvalue weighted by atomic mass is 35.5. The van der Waals surface area contributed by atoms with Crippen LogP contribution >= 0.6 is 12.4 Å². The lowest BCUT2D eigenvalue weighted by molar-refractivity contribution is 0.0693. The average molecular weight is 402 g/mol. The molecule has 1 saturated carbocycles. The quantitative estimate of drug-likeness (QED) is 0.727. The van der Waals surface area contributed by atoms with Gasteiger partial charge in [-0.1, -0.05) is 19.3 Å². The largest absolute Gasteiger partial charge is 0.329 e. The third-order valence-corrected chi connectivity index (χ3v) is 6.64. The number of halogens is 1. The first-order chi connectivity index (χ1) is 11.8. The number of imide groups is 1. The van der Waals surface area contributed by atoms with Crippen LogP contribution in [0.3, 0.4) is 0 Å². The third kappa shape index (κ3) is 3.78. The Morgan fingerprint density at radius 2 is 1.77 bits per heavy atom. The van der Waals surface area contributed by atoms with E-state index >= 15 is 0 Å². The highest BCUT2D eigenvalue weighted by Crippen LogP contribution is 2.28. The summed E-state index contributed by atoms with van der Waals surface area (Å²) in [6.45, 7) is 0.231. The highest BCUT2D eigenvalue weighted by molar-refractivity contribution is 7.89. The van der Waals surface area contributed by atoms with Crippen LogP contribution in [0.5, 0.6) is 0 Å². The maximum absolute atomic E-state index is 12.7. The summed E-state index contributed by atoms with van der Waals surface area (Å²) in [4.78, 5) is 25.0. The lowest BCUT2D eigenvalue weighted by Gasteiger charge is -2.29. The van der Waals surface area contributed by atoms with Gasteiger partial charge in [-0.25, -0.2) is 13.1 Å². The van der Waals surface area contributed by atoms with Gasteiger partial charge in [0, 0.05) is 19.6 Å². The SMILES string of the molecule is CN1C(=O)c2ccc(S(=O)(=O)NC(CN)C3CCCCC3)cc2C1=O.Cl. The Balaban J connectivity index is 0.00000243. The minimum Gasteiger partial charge on any atom is -0.329 e. The number of amides is 2. The zero-order valence-electron chi connectivity index (χ0n) is 14.6. The summed E-state index contributed by atoms with van der Waals surface area (Å²) < 4.78 is 28.2. The minimum atomic E-state index is -3.81. The van der Waals surface area contributed by atoms with Gasteiger partial charge < -0.3 is 5.73 Å². The summed E-state index contributed by atoms with van der Waals surface area (Å²) >= 11 is 0. The molecular weight excluding hydrogens is 378 g/mol. The molecule has 3 N–H and O–H groups in total. The summed E-state index contributed by atoms with van der Waals surface area (Å²) in [5.74, 6) is -0.670. The number of nitrogens with zero attached hydrogens (tertiary/aromatic N) is 1. The molecule has 1 aliphatic carbocycles. The molecular formula is C17H24ClN3O4S.